The van der Waals surface area contributed by atoms with Gasteiger partial charge in [0.1, 0.15) is 4.90 Å². The first kappa shape index (κ1) is 12.6. The van der Waals surface area contributed by atoms with E-state index < -0.39 is 10.0 Å². The molecule has 1 saturated heterocycles. The second-order valence-corrected chi connectivity index (χ2v) is 7.29. The Labute approximate surface area is 102 Å². The molecule has 1 aromatic rings. The second-order valence-electron chi connectivity index (χ2n) is 5.36. The third-order valence-electron chi connectivity index (χ3n) is 3.41. The highest BCUT2D eigenvalue weighted by Crippen LogP contribution is 2.31. The van der Waals surface area contributed by atoms with Gasteiger partial charge in [-0.05, 0) is 24.7 Å². The van der Waals surface area contributed by atoms with Gasteiger partial charge in [0.25, 0.3) is 0 Å². The fourth-order valence-electron chi connectivity index (χ4n) is 2.17. The van der Waals surface area contributed by atoms with Gasteiger partial charge in [-0.3, -0.25) is 5.10 Å². The normalized spacial score (nSPS) is 22.2. The molecule has 17 heavy (non-hydrogen) atoms. The molecule has 0 unspecified atom stereocenters. The van der Waals surface area contributed by atoms with Gasteiger partial charge in [0.05, 0.1) is 6.20 Å². The van der Waals surface area contributed by atoms with Crippen LogP contribution in [-0.2, 0) is 10.0 Å². The number of nitrogens with one attached hydrogen (secondary N) is 1. The molecule has 1 aliphatic heterocycles. The Kier molecular flexibility index (Phi) is 3.27. The third kappa shape index (κ3) is 2.69. The summed E-state index contributed by atoms with van der Waals surface area (Å²) in [6.45, 7) is 5.60. The Morgan fingerprint density at radius 2 is 2.12 bits per heavy atom. The molecule has 2 heterocycles. The number of hydrogen-bond donors (Lipinski definition) is 1. The summed E-state index contributed by atoms with van der Waals surface area (Å²) < 4.78 is 26.1. The summed E-state index contributed by atoms with van der Waals surface area (Å²) >= 11 is 0. The lowest BCUT2D eigenvalue weighted by atomic mass is 9.85. The van der Waals surface area contributed by atoms with Gasteiger partial charge in [0, 0.05) is 19.3 Å². The van der Waals surface area contributed by atoms with Gasteiger partial charge in [0.2, 0.25) is 10.0 Å². The van der Waals surface area contributed by atoms with E-state index >= 15 is 0 Å². The fraction of sp³-hybridized carbons (Fsp3) is 0.727. The summed E-state index contributed by atoms with van der Waals surface area (Å²) in [6, 6.07) is 0. The highest BCUT2D eigenvalue weighted by atomic mass is 32.2. The summed E-state index contributed by atoms with van der Waals surface area (Å²) in [5, 5.41) is 6.26. The van der Waals surface area contributed by atoms with Gasteiger partial charge in [-0.15, -0.1) is 0 Å². The summed E-state index contributed by atoms with van der Waals surface area (Å²) in [4.78, 5) is 0.261. The van der Waals surface area contributed by atoms with Gasteiger partial charge in [-0.2, -0.15) is 9.40 Å². The van der Waals surface area contributed by atoms with Crippen molar-refractivity contribution in [1.29, 1.82) is 0 Å². The molecule has 1 aliphatic rings. The van der Waals surface area contributed by atoms with E-state index in [1.165, 1.54) is 12.4 Å². The maximum atomic E-state index is 12.3. The smallest absolute Gasteiger partial charge is 0.246 e. The number of aromatic nitrogens is 2. The minimum atomic E-state index is -3.35. The van der Waals surface area contributed by atoms with Crippen LogP contribution in [0, 0.1) is 5.41 Å². The quantitative estimate of drug-likeness (QED) is 0.875. The molecular formula is C11H19N3O2S. The van der Waals surface area contributed by atoms with Gasteiger partial charge in [-0.1, -0.05) is 13.8 Å². The number of rotatable bonds is 2. The molecule has 0 atom stereocenters. The number of nitrogens with zero attached hydrogens (tertiary/aromatic N) is 2. The van der Waals surface area contributed by atoms with Gasteiger partial charge in [0.15, 0.2) is 0 Å². The van der Waals surface area contributed by atoms with Crippen LogP contribution in [0.15, 0.2) is 17.3 Å². The molecule has 96 valence electrons. The van der Waals surface area contributed by atoms with Crippen molar-refractivity contribution in [3.63, 3.8) is 0 Å². The van der Waals surface area contributed by atoms with Crippen molar-refractivity contribution in [1.82, 2.24) is 14.5 Å². The lowest BCUT2D eigenvalue weighted by Crippen LogP contribution is -2.32. The molecule has 1 fully saturated rings. The maximum Gasteiger partial charge on any atom is 0.246 e. The Morgan fingerprint density at radius 3 is 2.76 bits per heavy atom. The number of sulfonamides is 1. The highest BCUT2D eigenvalue weighted by Gasteiger charge is 2.30. The average molecular weight is 257 g/mol. The molecule has 0 spiro atoms. The third-order valence-corrected chi connectivity index (χ3v) is 5.27. The summed E-state index contributed by atoms with van der Waals surface area (Å²) in [5.74, 6) is 0. The zero-order valence-corrected chi connectivity index (χ0v) is 11.1. The van der Waals surface area contributed by atoms with Crippen molar-refractivity contribution >= 4 is 10.0 Å². The summed E-state index contributed by atoms with van der Waals surface area (Å²) in [7, 11) is -3.35. The Bertz CT molecular complexity index is 465. The molecule has 0 bridgehead atoms. The molecule has 1 N–H and O–H groups in total. The van der Waals surface area contributed by atoms with E-state index in [0.717, 1.165) is 19.3 Å². The molecule has 6 heteroatoms. The van der Waals surface area contributed by atoms with Crippen LogP contribution in [-0.4, -0.2) is 36.0 Å². The van der Waals surface area contributed by atoms with Gasteiger partial charge >= 0.3 is 0 Å². The Hall–Kier alpha value is -0.880. The first-order chi connectivity index (χ1) is 7.92. The van der Waals surface area contributed by atoms with E-state index in [4.69, 9.17) is 0 Å². The predicted octanol–water partition coefficient (Wildman–Crippen LogP) is 1.61. The molecule has 0 aliphatic carbocycles. The van der Waals surface area contributed by atoms with Crippen LogP contribution in [0.5, 0.6) is 0 Å². The monoisotopic (exact) mass is 257 g/mol. The van der Waals surface area contributed by atoms with Crippen molar-refractivity contribution < 1.29 is 8.42 Å². The Morgan fingerprint density at radius 1 is 1.35 bits per heavy atom. The van der Waals surface area contributed by atoms with Crippen molar-refractivity contribution in [3.8, 4) is 0 Å². The van der Waals surface area contributed by atoms with Gasteiger partial charge < -0.3 is 0 Å². The number of hydrogen-bond acceptors (Lipinski definition) is 3. The molecule has 1 aromatic heterocycles. The molecular weight excluding hydrogens is 238 g/mol. The van der Waals surface area contributed by atoms with E-state index in [0.29, 0.717) is 13.1 Å². The van der Waals surface area contributed by atoms with E-state index in [1.54, 1.807) is 4.31 Å². The van der Waals surface area contributed by atoms with Crippen LogP contribution in [0.2, 0.25) is 0 Å². The molecule has 2 rings (SSSR count). The minimum absolute atomic E-state index is 0.237. The largest absolute Gasteiger partial charge is 0.284 e. The molecule has 0 aromatic carbocycles. The van der Waals surface area contributed by atoms with Crippen molar-refractivity contribution in [3.05, 3.63) is 12.4 Å². The molecule has 0 saturated carbocycles. The van der Waals surface area contributed by atoms with E-state index in [1.807, 2.05) is 0 Å². The topological polar surface area (TPSA) is 66.1 Å². The Balaban J connectivity index is 2.18. The highest BCUT2D eigenvalue weighted by molar-refractivity contribution is 7.89. The number of aromatic amines is 1. The minimum Gasteiger partial charge on any atom is -0.284 e. The average Bonchev–Trinajstić information content (AvgIpc) is 2.70. The first-order valence-corrected chi connectivity index (χ1v) is 7.35. The van der Waals surface area contributed by atoms with Crippen LogP contribution in [0.4, 0.5) is 0 Å². The molecule has 0 radical (unpaired) electrons. The van der Waals surface area contributed by atoms with Crippen LogP contribution < -0.4 is 0 Å². The predicted molar refractivity (Wildman–Crippen MR) is 65.0 cm³/mol. The lowest BCUT2D eigenvalue weighted by Gasteiger charge is -2.22. The fourth-order valence-corrected chi connectivity index (χ4v) is 3.55. The van der Waals surface area contributed by atoms with Crippen LogP contribution >= 0.6 is 0 Å². The second kappa shape index (κ2) is 4.42. The molecule has 5 nitrogen and oxygen atoms in total. The molecule has 0 amide bonds. The van der Waals surface area contributed by atoms with Crippen molar-refractivity contribution in [2.75, 3.05) is 13.1 Å². The number of H-pyrrole nitrogens is 1. The first-order valence-electron chi connectivity index (χ1n) is 5.91. The maximum absolute atomic E-state index is 12.3. The van der Waals surface area contributed by atoms with Crippen molar-refractivity contribution in [2.45, 2.75) is 38.0 Å². The van der Waals surface area contributed by atoms with Crippen LogP contribution in [0.3, 0.4) is 0 Å². The summed E-state index contributed by atoms with van der Waals surface area (Å²) in [6.07, 6.45) is 5.70. The van der Waals surface area contributed by atoms with E-state index in [9.17, 15) is 8.42 Å². The van der Waals surface area contributed by atoms with E-state index in [-0.39, 0.29) is 10.3 Å². The van der Waals surface area contributed by atoms with Crippen molar-refractivity contribution in [2.24, 2.45) is 5.41 Å². The standard InChI is InChI=1S/C11H19N3O2S/c1-11(2)4-3-6-14(7-5-11)17(15,16)10-8-12-13-9-10/h8-9H,3-7H2,1-2H3,(H,12,13). The lowest BCUT2D eigenvalue weighted by molar-refractivity contribution is 0.315. The van der Waals surface area contributed by atoms with Gasteiger partial charge in [-0.25, -0.2) is 8.42 Å². The zero-order chi connectivity index (χ0) is 12.5. The zero-order valence-electron chi connectivity index (χ0n) is 10.3. The summed E-state index contributed by atoms with van der Waals surface area (Å²) in [5.41, 5.74) is 0.237. The van der Waals surface area contributed by atoms with Crippen LogP contribution in [0.1, 0.15) is 33.1 Å². The van der Waals surface area contributed by atoms with Crippen LogP contribution in [0.25, 0.3) is 0 Å². The van der Waals surface area contributed by atoms with E-state index in [2.05, 4.69) is 24.0 Å². The SMILES string of the molecule is CC1(C)CCCN(S(=O)(=O)c2cn[nH]c2)CC1.